The molecule has 0 unspecified atom stereocenters. The molecule has 0 saturated heterocycles. The van der Waals surface area contributed by atoms with E-state index in [0.717, 1.165) is 6.08 Å². The summed E-state index contributed by atoms with van der Waals surface area (Å²) in [6.45, 7) is 1.67. The summed E-state index contributed by atoms with van der Waals surface area (Å²) < 4.78 is 10.7. The van der Waals surface area contributed by atoms with Crippen molar-refractivity contribution in [3.05, 3.63) is 45.6 Å². The quantitative estimate of drug-likeness (QED) is 0.847. The molecule has 1 N–H and O–H groups in total. The van der Waals surface area contributed by atoms with Crippen LogP contribution in [0.1, 0.15) is 17.3 Å². The van der Waals surface area contributed by atoms with E-state index in [2.05, 4.69) is 10.2 Å². The van der Waals surface area contributed by atoms with Gasteiger partial charge < -0.3 is 14.3 Å². The van der Waals surface area contributed by atoms with Gasteiger partial charge in [0, 0.05) is 23.6 Å². The Morgan fingerprint density at radius 3 is 2.81 bits per heavy atom. The zero-order chi connectivity index (χ0) is 15.4. The molecule has 0 aliphatic heterocycles. The first kappa shape index (κ1) is 15.3. The maximum atomic E-state index is 10.6. The standard InChI is InChI=1S/C13H10Cl2N2O4/c1-7-16-17-11(21-7)6-20-13-8(2-3-12(18)19)4-9(14)5-10(13)15/h2-5H,6H2,1H3,(H,18,19)/b3-2+. The summed E-state index contributed by atoms with van der Waals surface area (Å²) >= 11 is 12.0. The first-order chi connectivity index (χ1) is 9.95. The number of rotatable bonds is 5. The van der Waals surface area contributed by atoms with Gasteiger partial charge in [-0.1, -0.05) is 23.2 Å². The summed E-state index contributed by atoms with van der Waals surface area (Å²) in [5, 5.41) is 16.8. The molecule has 2 rings (SSSR count). The Morgan fingerprint density at radius 1 is 1.43 bits per heavy atom. The Labute approximate surface area is 130 Å². The maximum Gasteiger partial charge on any atom is 0.328 e. The molecule has 8 heteroatoms. The predicted octanol–water partition coefficient (Wildman–Crippen LogP) is 3.36. The number of hydrogen-bond acceptors (Lipinski definition) is 5. The van der Waals surface area contributed by atoms with Gasteiger partial charge in [-0.25, -0.2) is 4.79 Å². The summed E-state index contributed by atoms with van der Waals surface area (Å²) in [5.74, 6) is -0.104. The molecule has 0 bridgehead atoms. The monoisotopic (exact) mass is 328 g/mol. The summed E-state index contributed by atoms with van der Waals surface area (Å²) in [7, 11) is 0. The maximum absolute atomic E-state index is 10.6. The number of carboxylic acids is 1. The molecule has 110 valence electrons. The van der Waals surface area contributed by atoms with Gasteiger partial charge in [0.1, 0.15) is 5.75 Å². The van der Waals surface area contributed by atoms with Crippen LogP contribution in [0.4, 0.5) is 0 Å². The Morgan fingerprint density at radius 2 is 2.19 bits per heavy atom. The van der Waals surface area contributed by atoms with Crippen LogP contribution in [0, 0.1) is 6.92 Å². The topological polar surface area (TPSA) is 85.5 Å². The molecule has 21 heavy (non-hydrogen) atoms. The van der Waals surface area contributed by atoms with Gasteiger partial charge in [0.05, 0.1) is 5.02 Å². The highest BCUT2D eigenvalue weighted by atomic mass is 35.5. The van der Waals surface area contributed by atoms with Gasteiger partial charge in [0.2, 0.25) is 5.89 Å². The van der Waals surface area contributed by atoms with Crippen LogP contribution >= 0.6 is 23.2 Å². The number of aryl methyl sites for hydroxylation is 1. The minimum Gasteiger partial charge on any atom is -0.482 e. The van der Waals surface area contributed by atoms with E-state index in [1.807, 2.05) is 0 Å². The molecule has 0 atom stereocenters. The summed E-state index contributed by atoms with van der Waals surface area (Å²) in [4.78, 5) is 10.6. The fourth-order valence-corrected chi connectivity index (χ4v) is 2.11. The van der Waals surface area contributed by atoms with E-state index in [1.54, 1.807) is 13.0 Å². The van der Waals surface area contributed by atoms with Crippen LogP contribution in [0.5, 0.6) is 5.75 Å². The SMILES string of the molecule is Cc1nnc(COc2c(Cl)cc(Cl)cc2/C=C/C(=O)O)o1. The van der Waals surface area contributed by atoms with Gasteiger partial charge in [0.15, 0.2) is 6.61 Å². The van der Waals surface area contributed by atoms with Crippen molar-refractivity contribution in [2.75, 3.05) is 0 Å². The van der Waals surface area contributed by atoms with Crippen molar-refractivity contribution in [1.82, 2.24) is 10.2 Å². The fourth-order valence-electron chi connectivity index (χ4n) is 1.55. The number of benzene rings is 1. The second-order valence-electron chi connectivity index (χ2n) is 3.98. The highest BCUT2D eigenvalue weighted by Gasteiger charge is 2.11. The number of hydrogen-bond donors (Lipinski definition) is 1. The molecular weight excluding hydrogens is 319 g/mol. The number of carbonyl (C=O) groups is 1. The predicted molar refractivity (Wildman–Crippen MR) is 76.5 cm³/mol. The van der Waals surface area contributed by atoms with Gasteiger partial charge in [-0.15, -0.1) is 10.2 Å². The zero-order valence-corrected chi connectivity index (χ0v) is 12.4. The summed E-state index contributed by atoms with van der Waals surface area (Å²) in [5.41, 5.74) is 0.436. The van der Waals surface area contributed by atoms with Crippen molar-refractivity contribution in [2.45, 2.75) is 13.5 Å². The smallest absolute Gasteiger partial charge is 0.328 e. The Kier molecular flexibility index (Phi) is 4.82. The third-order valence-electron chi connectivity index (χ3n) is 2.35. The number of ether oxygens (including phenoxy) is 1. The summed E-state index contributed by atoms with van der Waals surface area (Å²) in [6.07, 6.45) is 2.31. The third-order valence-corrected chi connectivity index (χ3v) is 2.85. The van der Waals surface area contributed by atoms with Crippen LogP contribution in [0.15, 0.2) is 22.6 Å². The van der Waals surface area contributed by atoms with Crippen molar-refractivity contribution < 1.29 is 19.1 Å². The molecule has 0 saturated carbocycles. The molecule has 2 aromatic rings. The van der Waals surface area contributed by atoms with Crippen LogP contribution in [-0.4, -0.2) is 21.3 Å². The first-order valence-electron chi connectivity index (χ1n) is 5.77. The fraction of sp³-hybridized carbons (Fsp3) is 0.154. The molecule has 1 aromatic carbocycles. The van der Waals surface area contributed by atoms with Crippen LogP contribution in [0.25, 0.3) is 6.08 Å². The van der Waals surface area contributed by atoms with E-state index in [-0.39, 0.29) is 23.3 Å². The van der Waals surface area contributed by atoms with Crippen LogP contribution in [0.3, 0.4) is 0 Å². The second kappa shape index (κ2) is 6.60. The molecule has 1 aromatic heterocycles. The lowest BCUT2D eigenvalue weighted by atomic mass is 10.2. The van der Waals surface area contributed by atoms with E-state index >= 15 is 0 Å². The first-order valence-corrected chi connectivity index (χ1v) is 6.53. The summed E-state index contributed by atoms with van der Waals surface area (Å²) in [6, 6.07) is 3.04. The Hall–Kier alpha value is -2.05. The van der Waals surface area contributed by atoms with Crippen LogP contribution in [0.2, 0.25) is 10.0 Å². The number of aromatic nitrogens is 2. The van der Waals surface area contributed by atoms with Gasteiger partial charge >= 0.3 is 5.97 Å². The molecule has 0 spiro atoms. The minimum atomic E-state index is -1.09. The van der Waals surface area contributed by atoms with Gasteiger partial charge in [-0.05, 0) is 18.2 Å². The van der Waals surface area contributed by atoms with Crippen LogP contribution < -0.4 is 4.74 Å². The second-order valence-corrected chi connectivity index (χ2v) is 4.82. The lowest BCUT2D eigenvalue weighted by Gasteiger charge is -2.10. The zero-order valence-electron chi connectivity index (χ0n) is 10.8. The molecule has 0 amide bonds. The van der Waals surface area contributed by atoms with E-state index < -0.39 is 5.97 Å². The Bertz CT molecular complexity index is 697. The molecule has 0 fully saturated rings. The molecule has 0 aliphatic carbocycles. The average molecular weight is 329 g/mol. The Balaban J connectivity index is 2.26. The molecule has 0 aliphatic rings. The van der Waals surface area contributed by atoms with E-state index in [4.69, 9.17) is 37.5 Å². The normalized spacial score (nSPS) is 11.0. The molecular formula is C13H10Cl2N2O4. The van der Waals surface area contributed by atoms with Crippen molar-refractivity contribution in [3.8, 4) is 5.75 Å². The largest absolute Gasteiger partial charge is 0.482 e. The number of halogens is 2. The lowest BCUT2D eigenvalue weighted by Crippen LogP contribution is -1.98. The number of carboxylic acid groups (broad SMARTS) is 1. The highest BCUT2D eigenvalue weighted by molar-refractivity contribution is 6.35. The third kappa shape index (κ3) is 4.21. The van der Waals surface area contributed by atoms with Crippen LogP contribution in [-0.2, 0) is 11.4 Å². The van der Waals surface area contributed by atoms with Crippen molar-refractivity contribution >= 4 is 35.2 Å². The molecule has 1 heterocycles. The average Bonchev–Trinajstić information content (AvgIpc) is 2.80. The van der Waals surface area contributed by atoms with Crippen molar-refractivity contribution in [3.63, 3.8) is 0 Å². The number of aliphatic carboxylic acids is 1. The highest BCUT2D eigenvalue weighted by Crippen LogP contribution is 2.33. The molecule has 6 nitrogen and oxygen atoms in total. The minimum absolute atomic E-state index is 0.0100. The van der Waals surface area contributed by atoms with Gasteiger partial charge in [-0.2, -0.15) is 0 Å². The number of nitrogens with zero attached hydrogens (tertiary/aromatic N) is 2. The van der Waals surface area contributed by atoms with E-state index in [0.29, 0.717) is 16.5 Å². The lowest BCUT2D eigenvalue weighted by molar-refractivity contribution is -0.131. The van der Waals surface area contributed by atoms with Gasteiger partial charge in [0.25, 0.3) is 5.89 Å². The van der Waals surface area contributed by atoms with Crippen molar-refractivity contribution in [1.29, 1.82) is 0 Å². The van der Waals surface area contributed by atoms with Crippen molar-refractivity contribution in [2.24, 2.45) is 0 Å². The van der Waals surface area contributed by atoms with E-state index in [9.17, 15) is 4.79 Å². The van der Waals surface area contributed by atoms with Gasteiger partial charge in [-0.3, -0.25) is 0 Å². The molecule has 0 radical (unpaired) electrons. The van der Waals surface area contributed by atoms with E-state index in [1.165, 1.54) is 12.1 Å².